The van der Waals surface area contributed by atoms with E-state index in [9.17, 15) is 9.59 Å². The van der Waals surface area contributed by atoms with Crippen molar-refractivity contribution in [3.63, 3.8) is 0 Å². The largest absolute Gasteiger partial charge is 0.381 e. The van der Waals surface area contributed by atoms with Gasteiger partial charge in [-0.25, -0.2) is 0 Å². The molecule has 0 bridgehead atoms. The van der Waals surface area contributed by atoms with Crippen molar-refractivity contribution in [2.75, 3.05) is 11.9 Å². The molecule has 1 atom stereocenters. The van der Waals surface area contributed by atoms with Crippen LogP contribution < -0.4 is 16.4 Å². The van der Waals surface area contributed by atoms with Crippen molar-refractivity contribution in [2.24, 2.45) is 5.73 Å². The molecule has 5 heteroatoms. The van der Waals surface area contributed by atoms with E-state index in [4.69, 9.17) is 5.73 Å². The lowest BCUT2D eigenvalue weighted by molar-refractivity contribution is 0.0879. The second-order valence-corrected chi connectivity index (χ2v) is 3.82. The second-order valence-electron chi connectivity index (χ2n) is 3.82. The molecule has 84 valence electrons. The molecule has 0 saturated carbocycles. The molecule has 0 spiro atoms. The number of fused-ring (bicyclic) bond motifs is 1. The summed E-state index contributed by atoms with van der Waals surface area (Å²) in [6.45, 7) is 2.45. The van der Waals surface area contributed by atoms with Gasteiger partial charge in [-0.3, -0.25) is 14.9 Å². The summed E-state index contributed by atoms with van der Waals surface area (Å²) in [6, 6.07) is 5.20. The van der Waals surface area contributed by atoms with Gasteiger partial charge >= 0.3 is 0 Å². The molecular weight excluding hydrogens is 206 g/mol. The number of hydrogen-bond donors (Lipinski definition) is 3. The summed E-state index contributed by atoms with van der Waals surface area (Å²) < 4.78 is 0. The lowest BCUT2D eigenvalue weighted by Gasteiger charge is -2.13. The van der Waals surface area contributed by atoms with Gasteiger partial charge in [0, 0.05) is 18.3 Å². The highest BCUT2D eigenvalue weighted by Gasteiger charge is 2.26. The van der Waals surface area contributed by atoms with Crippen molar-refractivity contribution in [3.8, 4) is 0 Å². The van der Waals surface area contributed by atoms with E-state index in [0.717, 1.165) is 5.69 Å². The fraction of sp³-hybridized carbons (Fsp3) is 0.273. The number of hydrogen-bond acceptors (Lipinski definition) is 4. The molecule has 1 heterocycles. The van der Waals surface area contributed by atoms with E-state index < -0.39 is 0 Å². The van der Waals surface area contributed by atoms with Gasteiger partial charge in [0.05, 0.1) is 11.1 Å². The van der Waals surface area contributed by atoms with E-state index in [1.54, 1.807) is 18.2 Å². The Morgan fingerprint density at radius 2 is 2.00 bits per heavy atom. The quantitative estimate of drug-likeness (QED) is 0.639. The van der Waals surface area contributed by atoms with Crippen LogP contribution in [0.25, 0.3) is 0 Å². The topological polar surface area (TPSA) is 84.2 Å². The summed E-state index contributed by atoms with van der Waals surface area (Å²) in [6.07, 6.45) is 0. The summed E-state index contributed by atoms with van der Waals surface area (Å²) >= 11 is 0. The van der Waals surface area contributed by atoms with Crippen LogP contribution in [0.15, 0.2) is 18.2 Å². The van der Waals surface area contributed by atoms with Crippen LogP contribution in [-0.2, 0) is 0 Å². The summed E-state index contributed by atoms with van der Waals surface area (Å²) in [5, 5.41) is 5.39. The molecule has 1 aromatic rings. The summed E-state index contributed by atoms with van der Waals surface area (Å²) in [5.41, 5.74) is 7.12. The molecular formula is C11H13N3O2. The number of imide groups is 1. The van der Waals surface area contributed by atoms with Crippen molar-refractivity contribution >= 4 is 17.5 Å². The number of benzene rings is 1. The van der Waals surface area contributed by atoms with Gasteiger partial charge in [-0.1, -0.05) is 0 Å². The van der Waals surface area contributed by atoms with E-state index in [-0.39, 0.29) is 17.9 Å². The Morgan fingerprint density at radius 1 is 1.31 bits per heavy atom. The first-order valence-corrected chi connectivity index (χ1v) is 5.08. The fourth-order valence-corrected chi connectivity index (χ4v) is 1.60. The minimum Gasteiger partial charge on any atom is -0.381 e. The molecule has 1 aliphatic rings. The number of nitrogens with one attached hydrogen (secondary N) is 2. The third-order valence-electron chi connectivity index (χ3n) is 2.50. The molecule has 0 saturated heterocycles. The predicted molar refractivity (Wildman–Crippen MR) is 60.4 cm³/mol. The van der Waals surface area contributed by atoms with Crippen molar-refractivity contribution < 1.29 is 9.59 Å². The van der Waals surface area contributed by atoms with Gasteiger partial charge in [-0.05, 0) is 25.1 Å². The van der Waals surface area contributed by atoms with Crippen LogP contribution >= 0.6 is 0 Å². The average molecular weight is 219 g/mol. The first kappa shape index (κ1) is 10.6. The van der Waals surface area contributed by atoms with Crippen LogP contribution in [-0.4, -0.2) is 24.4 Å². The molecule has 4 N–H and O–H groups in total. The first-order valence-electron chi connectivity index (χ1n) is 5.08. The SMILES string of the molecule is CC(CN)Nc1ccc2c(c1)C(=O)NC2=O. The number of rotatable bonds is 3. The number of anilines is 1. The third kappa shape index (κ3) is 1.77. The Morgan fingerprint density at radius 3 is 2.69 bits per heavy atom. The number of carbonyl (C=O) groups excluding carboxylic acids is 2. The van der Waals surface area contributed by atoms with Crippen LogP contribution in [0.1, 0.15) is 27.6 Å². The molecule has 1 unspecified atom stereocenters. The van der Waals surface area contributed by atoms with Crippen LogP contribution in [0.5, 0.6) is 0 Å². The van der Waals surface area contributed by atoms with Gasteiger partial charge in [0.15, 0.2) is 0 Å². The summed E-state index contributed by atoms with van der Waals surface area (Å²) in [7, 11) is 0. The Labute approximate surface area is 93.0 Å². The zero-order valence-corrected chi connectivity index (χ0v) is 8.91. The zero-order chi connectivity index (χ0) is 11.7. The minimum absolute atomic E-state index is 0.123. The van der Waals surface area contributed by atoms with Gasteiger partial charge in [0.1, 0.15) is 0 Å². The van der Waals surface area contributed by atoms with E-state index in [0.29, 0.717) is 17.7 Å². The number of nitrogens with two attached hydrogens (primary N) is 1. The second kappa shape index (κ2) is 3.94. The molecule has 16 heavy (non-hydrogen) atoms. The van der Waals surface area contributed by atoms with Crippen LogP contribution in [0.2, 0.25) is 0 Å². The van der Waals surface area contributed by atoms with Gasteiger partial charge < -0.3 is 11.1 Å². The van der Waals surface area contributed by atoms with Crippen LogP contribution in [0.4, 0.5) is 5.69 Å². The highest BCUT2D eigenvalue weighted by Crippen LogP contribution is 2.20. The number of carbonyl (C=O) groups is 2. The third-order valence-corrected chi connectivity index (χ3v) is 2.50. The van der Waals surface area contributed by atoms with E-state index >= 15 is 0 Å². The molecule has 2 rings (SSSR count). The Hall–Kier alpha value is -1.88. The van der Waals surface area contributed by atoms with Crippen molar-refractivity contribution in [3.05, 3.63) is 29.3 Å². The molecule has 0 fully saturated rings. The maximum absolute atomic E-state index is 11.4. The smallest absolute Gasteiger partial charge is 0.259 e. The first-order chi connectivity index (χ1) is 7.61. The molecule has 0 aliphatic carbocycles. The normalized spacial score (nSPS) is 15.6. The van der Waals surface area contributed by atoms with Crippen molar-refractivity contribution in [1.82, 2.24) is 5.32 Å². The highest BCUT2D eigenvalue weighted by molar-refractivity contribution is 6.21. The lowest BCUT2D eigenvalue weighted by Crippen LogP contribution is -2.25. The monoisotopic (exact) mass is 219 g/mol. The maximum atomic E-state index is 11.4. The van der Waals surface area contributed by atoms with Crippen LogP contribution in [0, 0.1) is 0 Å². The summed E-state index contributed by atoms with van der Waals surface area (Å²) in [4.78, 5) is 22.7. The molecule has 0 radical (unpaired) electrons. The Bertz CT molecular complexity index is 457. The average Bonchev–Trinajstić information content (AvgIpc) is 2.54. The molecule has 0 aromatic heterocycles. The number of amides is 2. The maximum Gasteiger partial charge on any atom is 0.259 e. The van der Waals surface area contributed by atoms with Gasteiger partial charge in [0.2, 0.25) is 0 Å². The standard InChI is InChI=1S/C11H13N3O2/c1-6(5-12)13-7-2-3-8-9(4-7)11(16)14-10(8)15/h2-4,6,13H,5,12H2,1H3,(H,14,15,16). The lowest BCUT2D eigenvalue weighted by atomic mass is 10.1. The Kier molecular flexibility index (Phi) is 2.62. The molecule has 5 nitrogen and oxygen atoms in total. The molecule has 1 aromatic carbocycles. The predicted octanol–water partition coefficient (Wildman–Crippen LogP) is 0.329. The Balaban J connectivity index is 2.30. The zero-order valence-electron chi connectivity index (χ0n) is 8.91. The van der Waals surface area contributed by atoms with E-state index in [1.165, 1.54) is 0 Å². The van der Waals surface area contributed by atoms with Gasteiger partial charge in [-0.2, -0.15) is 0 Å². The van der Waals surface area contributed by atoms with Gasteiger partial charge in [0.25, 0.3) is 11.8 Å². The molecule has 1 aliphatic heterocycles. The van der Waals surface area contributed by atoms with E-state index in [1.807, 2.05) is 6.92 Å². The van der Waals surface area contributed by atoms with E-state index in [2.05, 4.69) is 10.6 Å². The van der Waals surface area contributed by atoms with Crippen molar-refractivity contribution in [2.45, 2.75) is 13.0 Å². The highest BCUT2D eigenvalue weighted by atomic mass is 16.2. The minimum atomic E-state index is -0.343. The molecule has 2 amide bonds. The van der Waals surface area contributed by atoms with Crippen LogP contribution in [0.3, 0.4) is 0 Å². The van der Waals surface area contributed by atoms with Gasteiger partial charge in [-0.15, -0.1) is 0 Å². The fourth-order valence-electron chi connectivity index (χ4n) is 1.60. The van der Waals surface area contributed by atoms with Crippen molar-refractivity contribution in [1.29, 1.82) is 0 Å². The summed E-state index contributed by atoms with van der Waals surface area (Å²) in [5.74, 6) is -0.678.